The van der Waals surface area contributed by atoms with Gasteiger partial charge < -0.3 is 15.4 Å². The summed E-state index contributed by atoms with van der Waals surface area (Å²) in [7, 11) is 0. The second kappa shape index (κ2) is 8.21. The van der Waals surface area contributed by atoms with Gasteiger partial charge in [-0.25, -0.2) is 4.98 Å². The summed E-state index contributed by atoms with van der Waals surface area (Å²) >= 11 is 1.59. The van der Waals surface area contributed by atoms with E-state index < -0.39 is 0 Å². The monoisotopic (exact) mass is 326 g/mol. The molecule has 1 aliphatic heterocycles. The van der Waals surface area contributed by atoms with Gasteiger partial charge >= 0.3 is 0 Å². The molecule has 22 heavy (non-hydrogen) atoms. The van der Waals surface area contributed by atoms with Gasteiger partial charge in [-0.1, -0.05) is 0 Å². The summed E-state index contributed by atoms with van der Waals surface area (Å²) in [5.74, 6) is -0.134. The summed E-state index contributed by atoms with van der Waals surface area (Å²) < 4.78 is 5.74. The van der Waals surface area contributed by atoms with Crippen molar-refractivity contribution in [1.29, 1.82) is 0 Å². The molecule has 1 aliphatic rings. The Kier molecular flexibility index (Phi) is 6.29. The van der Waals surface area contributed by atoms with Crippen LogP contribution < -0.4 is 10.6 Å². The van der Waals surface area contributed by atoms with Crippen LogP contribution >= 0.6 is 11.3 Å². The van der Waals surface area contributed by atoms with Crippen LogP contribution in [0.3, 0.4) is 0 Å². The first-order chi connectivity index (χ1) is 10.5. The maximum Gasteiger partial charge on any atom is 0.234 e. The summed E-state index contributed by atoms with van der Waals surface area (Å²) in [4.78, 5) is 29.1. The molecular weight excluding hydrogens is 304 g/mol. The minimum atomic E-state index is -0.0935. The third kappa shape index (κ3) is 5.36. The first-order valence-electron chi connectivity index (χ1n) is 7.31. The Morgan fingerprint density at radius 3 is 2.91 bits per heavy atom. The molecule has 8 heteroatoms. The minimum absolute atomic E-state index is 0.0404. The largest absolute Gasteiger partial charge is 0.368 e. The Balaban J connectivity index is 1.73. The van der Waals surface area contributed by atoms with Gasteiger partial charge in [0.2, 0.25) is 11.8 Å². The van der Waals surface area contributed by atoms with E-state index >= 15 is 0 Å². The number of hydrogen-bond donors (Lipinski definition) is 2. The third-order valence-corrected chi connectivity index (χ3v) is 4.31. The Labute approximate surface area is 134 Å². The van der Waals surface area contributed by atoms with E-state index in [0.29, 0.717) is 32.8 Å². The second-order valence-electron chi connectivity index (χ2n) is 5.25. The fraction of sp³-hybridized carbons (Fsp3) is 0.643. The van der Waals surface area contributed by atoms with E-state index in [9.17, 15) is 9.59 Å². The molecule has 2 amide bonds. The quantitative estimate of drug-likeness (QED) is 0.723. The van der Waals surface area contributed by atoms with Gasteiger partial charge in [0, 0.05) is 44.2 Å². The highest BCUT2D eigenvalue weighted by Crippen LogP contribution is 2.24. The van der Waals surface area contributed by atoms with Crippen molar-refractivity contribution in [3.05, 3.63) is 16.1 Å². The highest BCUT2D eigenvalue weighted by Gasteiger charge is 2.25. The van der Waals surface area contributed by atoms with Crippen LogP contribution in [0.25, 0.3) is 0 Å². The van der Waals surface area contributed by atoms with Crippen LogP contribution in [0, 0.1) is 6.92 Å². The zero-order valence-electron chi connectivity index (χ0n) is 12.9. The first kappa shape index (κ1) is 16.9. The lowest BCUT2D eigenvalue weighted by molar-refractivity contribution is -0.124. The summed E-state index contributed by atoms with van der Waals surface area (Å²) in [5.41, 5.74) is 0.997. The molecule has 1 aromatic heterocycles. The van der Waals surface area contributed by atoms with E-state index in [2.05, 4.69) is 20.5 Å². The third-order valence-electron chi connectivity index (χ3n) is 3.25. The van der Waals surface area contributed by atoms with Crippen molar-refractivity contribution in [2.75, 3.05) is 39.3 Å². The lowest BCUT2D eigenvalue weighted by Gasteiger charge is -2.31. The number of thiazole rings is 1. The summed E-state index contributed by atoms with van der Waals surface area (Å²) in [6.45, 7) is 6.65. The van der Waals surface area contributed by atoms with Crippen LogP contribution in [0.15, 0.2) is 5.38 Å². The maximum atomic E-state index is 11.9. The van der Waals surface area contributed by atoms with Crippen LogP contribution in [0.4, 0.5) is 0 Å². The number of ether oxygens (including phenoxy) is 1. The Bertz CT molecular complexity index is 520. The number of aryl methyl sites for hydroxylation is 1. The predicted molar refractivity (Wildman–Crippen MR) is 83.7 cm³/mol. The summed E-state index contributed by atoms with van der Waals surface area (Å²) in [6.07, 6.45) is -0.0559. The fourth-order valence-corrected chi connectivity index (χ4v) is 3.05. The molecule has 2 heterocycles. The predicted octanol–water partition coefficient (Wildman–Crippen LogP) is 0.0771. The van der Waals surface area contributed by atoms with Gasteiger partial charge in [0.05, 0.1) is 13.2 Å². The highest BCUT2D eigenvalue weighted by atomic mass is 32.1. The summed E-state index contributed by atoms with van der Waals surface area (Å²) in [6, 6.07) is 0. The average Bonchev–Trinajstić information content (AvgIpc) is 2.90. The standard InChI is InChI=1S/C14H22N4O3S/c1-10-9-22-14(17-10)12-7-18(5-6-21-12)8-13(20)16-4-3-15-11(2)19/h9,12H,3-8H2,1-2H3,(H,15,19)(H,16,20). The van der Waals surface area contributed by atoms with Crippen molar-refractivity contribution >= 4 is 23.2 Å². The normalized spacial score (nSPS) is 18.9. The molecule has 2 N–H and O–H groups in total. The molecule has 0 saturated carbocycles. The lowest BCUT2D eigenvalue weighted by Crippen LogP contribution is -2.45. The molecule has 1 saturated heterocycles. The Morgan fingerprint density at radius 2 is 2.23 bits per heavy atom. The molecule has 1 unspecified atom stereocenters. The number of nitrogens with zero attached hydrogens (tertiary/aromatic N) is 2. The Morgan fingerprint density at radius 1 is 1.45 bits per heavy atom. The fourth-order valence-electron chi connectivity index (χ4n) is 2.22. The molecule has 122 valence electrons. The molecule has 7 nitrogen and oxygen atoms in total. The maximum absolute atomic E-state index is 11.9. The minimum Gasteiger partial charge on any atom is -0.368 e. The topological polar surface area (TPSA) is 83.6 Å². The van der Waals surface area contributed by atoms with Crippen molar-refractivity contribution < 1.29 is 14.3 Å². The van der Waals surface area contributed by atoms with E-state index in [1.54, 1.807) is 11.3 Å². The van der Waals surface area contributed by atoms with Gasteiger partial charge in [-0.2, -0.15) is 0 Å². The molecule has 1 fully saturated rings. The molecule has 1 atom stereocenters. The highest BCUT2D eigenvalue weighted by molar-refractivity contribution is 7.09. The van der Waals surface area contributed by atoms with E-state index in [1.807, 2.05) is 12.3 Å². The number of morpholine rings is 1. The average molecular weight is 326 g/mol. The molecule has 0 radical (unpaired) electrons. The molecule has 2 rings (SSSR count). The van der Waals surface area contributed by atoms with Crippen molar-refractivity contribution in [2.24, 2.45) is 0 Å². The van der Waals surface area contributed by atoms with Gasteiger partial charge in [0.25, 0.3) is 0 Å². The molecule has 0 spiro atoms. The van der Waals surface area contributed by atoms with Crippen LogP contribution in [0.2, 0.25) is 0 Å². The van der Waals surface area contributed by atoms with Crippen molar-refractivity contribution in [3.8, 4) is 0 Å². The van der Waals surface area contributed by atoms with Crippen LogP contribution in [0.5, 0.6) is 0 Å². The zero-order chi connectivity index (χ0) is 15.9. The van der Waals surface area contributed by atoms with E-state index in [4.69, 9.17) is 4.74 Å². The van der Waals surface area contributed by atoms with Gasteiger partial charge in [-0.05, 0) is 6.92 Å². The summed E-state index contributed by atoms with van der Waals surface area (Å²) in [5, 5.41) is 8.41. The zero-order valence-corrected chi connectivity index (χ0v) is 13.7. The van der Waals surface area contributed by atoms with Gasteiger partial charge in [0.1, 0.15) is 11.1 Å². The SMILES string of the molecule is CC(=O)NCCNC(=O)CN1CCOC(c2nc(C)cs2)C1. The number of amides is 2. The molecule has 0 bridgehead atoms. The van der Waals surface area contributed by atoms with Crippen LogP contribution in [-0.2, 0) is 14.3 Å². The number of aromatic nitrogens is 1. The van der Waals surface area contributed by atoms with Gasteiger partial charge in [-0.3, -0.25) is 14.5 Å². The Hall–Kier alpha value is -1.51. The van der Waals surface area contributed by atoms with Crippen LogP contribution in [0.1, 0.15) is 23.7 Å². The first-order valence-corrected chi connectivity index (χ1v) is 8.19. The number of carbonyl (C=O) groups is 2. The van der Waals surface area contributed by atoms with Crippen molar-refractivity contribution in [2.45, 2.75) is 20.0 Å². The number of rotatable bonds is 6. The van der Waals surface area contributed by atoms with E-state index in [0.717, 1.165) is 17.2 Å². The van der Waals surface area contributed by atoms with Gasteiger partial charge in [-0.15, -0.1) is 11.3 Å². The molecule has 1 aromatic rings. The smallest absolute Gasteiger partial charge is 0.234 e. The lowest BCUT2D eigenvalue weighted by atomic mass is 10.2. The number of hydrogen-bond acceptors (Lipinski definition) is 6. The van der Waals surface area contributed by atoms with Crippen molar-refractivity contribution in [3.63, 3.8) is 0 Å². The number of carbonyl (C=O) groups excluding carboxylic acids is 2. The van der Waals surface area contributed by atoms with Crippen molar-refractivity contribution in [1.82, 2.24) is 20.5 Å². The molecular formula is C14H22N4O3S. The van der Waals surface area contributed by atoms with E-state index in [-0.39, 0.29) is 17.9 Å². The second-order valence-corrected chi connectivity index (χ2v) is 6.14. The van der Waals surface area contributed by atoms with Crippen LogP contribution in [-0.4, -0.2) is 61.0 Å². The molecule has 0 aliphatic carbocycles. The molecule has 0 aromatic carbocycles. The number of nitrogens with one attached hydrogen (secondary N) is 2. The van der Waals surface area contributed by atoms with E-state index in [1.165, 1.54) is 6.92 Å². The van der Waals surface area contributed by atoms with Gasteiger partial charge in [0.15, 0.2) is 0 Å².